The first-order valence-electron chi connectivity index (χ1n) is 10.7. The Labute approximate surface area is 203 Å². The van der Waals surface area contributed by atoms with E-state index >= 15 is 8.78 Å². The molecule has 2 aliphatic heterocycles. The summed E-state index contributed by atoms with van der Waals surface area (Å²) in [6, 6.07) is 9.93. The van der Waals surface area contributed by atoms with Gasteiger partial charge in [0.25, 0.3) is 5.91 Å². The number of halogens is 2. The van der Waals surface area contributed by atoms with Gasteiger partial charge in [-0.25, -0.2) is 23.5 Å². The van der Waals surface area contributed by atoms with Crippen LogP contribution in [0.5, 0.6) is 0 Å². The largest absolute Gasteiger partial charge is 0.332 e. The molecular formula is C25H18F2N4O3S. The highest BCUT2D eigenvalue weighted by molar-refractivity contribution is 7.13. The van der Waals surface area contributed by atoms with Gasteiger partial charge in [0.05, 0.1) is 6.42 Å². The second-order valence-electron chi connectivity index (χ2n) is 8.29. The molecule has 2 fully saturated rings. The number of hydrogen-bond acceptors (Lipinski definition) is 5. The Kier molecular flexibility index (Phi) is 5.57. The van der Waals surface area contributed by atoms with Crippen LogP contribution in [-0.2, 0) is 9.59 Å². The first-order chi connectivity index (χ1) is 16.8. The zero-order valence-electron chi connectivity index (χ0n) is 18.5. The van der Waals surface area contributed by atoms with Gasteiger partial charge in [-0.05, 0) is 31.2 Å². The Morgan fingerprint density at radius 3 is 2.34 bits per heavy atom. The topological polar surface area (TPSA) is 73.8 Å². The maximum atomic E-state index is 15.1. The van der Waals surface area contributed by atoms with Gasteiger partial charge in [0.15, 0.2) is 16.8 Å². The Hall–Kier alpha value is -4.10. The molecule has 3 heterocycles. The number of imide groups is 1. The molecule has 1 aromatic heterocycles. The minimum Gasteiger partial charge on any atom is -0.307 e. The van der Waals surface area contributed by atoms with Crippen LogP contribution in [0.25, 0.3) is 0 Å². The van der Waals surface area contributed by atoms with Crippen LogP contribution in [0.4, 0.5) is 24.4 Å². The van der Waals surface area contributed by atoms with Crippen LogP contribution in [0.3, 0.4) is 0 Å². The zero-order valence-corrected chi connectivity index (χ0v) is 19.3. The van der Waals surface area contributed by atoms with Crippen LogP contribution in [-0.4, -0.2) is 46.4 Å². The number of anilines is 2. The molecule has 4 amide bonds. The number of benzene rings is 2. The van der Waals surface area contributed by atoms with Crippen molar-refractivity contribution in [1.82, 2.24) is 9.88 Å². The predicted octanol–water partition coefficient (Wildman–Crippen LogP) is 3.79. The molecule has 10 heteroatoms. The molecule has 7 nitrogen and oxygen atoms in total. The Morgan fingerprint density at radius 1 is 1.00 bits per heavy atom. The number of piperazine rings is 1. The number of aromatic nitrogens is 1. The molecule has 0 spiro atoms. The molecule has 0 saturated carbocycles. The highest BCUT2D eigenvalue weighted by Crippen LogP contribution is 2.38. The second-order valence-corrected chi connectivity index (χ2v) is 9.16. The highest BCUT2D eigenvalue weighted by Gasteiger charge is 2.56. The van der Waals surface area contributed by atoms with Gasteiger partial charge >= 0.3 is 6.03 Å². The van der Waals surface area contributed by atoms with Crippen LogP contribution < -0.4 is 9.80 Å². The molecule has 0 aliphatic carbocycles. The van der Waals surface area contributed by atoms with Gasteiger partial charge in [-0.1, -0.05) is 30.0 Å². The third-order valence-electron chi connectivity index (χ3n) is 6.03. The van der Waals surface area contributed by atoms with Crippen molar-refractivity contribution >= 4 is 40.0 Å². The van der Waals surface area contributed by atoms with Gasteiger partial charge in [0, 0.05) is 35.8 Å². The lowest BCUT2D eigenvalue weighted by molar-refractivity contribution is -0.137. The molecule has 2 saturated heterocycles. The van der Waals surface area contributed by atoms with E-state index in [1.807, 2.05) is 6.07 Å². The molecule has 0 N–H and O–H groups in total. The van der Waals surface area contributed by atoms with Crippen molar-refractivity contribution in [1.29, 1.82) is 0 Å². The van der Waals surface area contributed by atoms with Gasteiger partial charge < -0.3 is 4.90 Å². The van der Waals surface area contributed by atoms with Gasteiger partial charge in [-0.3, -0.25) is 14.5 Å². The summed E-state index contributed by atoms with van der Waals surface area (Å²) in [5, 5.41) is 2.18. The summed E-state index contributed by atoms with van der Waals surface area (Å²) in [7, 11) is 0. The first-order valence-corrected chi connectivity index (χ1v) is 11.6. The quantitative estimate of drug-likeness (QED) is 0.511. The number of carbonyl (C=O) groups excluding carboxylic acids is 3. The van der Waals surface area contributed by atoms with E-state index in [0.717, 1.165) is 12.1 Å². The molecule has 1 unspecified atom stereocenters. The van der Waals surface area contributed by atoms with Crippen molar-refractivity contribution in [2.24, 2.45) is 0 Å². The first kappa shape index (κ1) is 22.7. The van der Waals surface area contributed by atoms with Crippen molar-refractivity contribution < 1.29 is 23.2 Å². The lowest BCUT2D eigenvalue weighted by Gasteiger charge is -2.50. The Bertz CT molecular complexity index is 1380. The van der Waals surface area contributed by atoms with E-state index in [-0.39, 0.29) is 18.7 Å². The second kappa shape index (κ2) is 8.60. The summed E-state index contributed by atoms with van der Waals surface area (Å²) >= 11 is 1.26. The van der Waals surface area contributed by atoms with E-state index < -0.39 is 47.1 Å². The number of carbonyl (C=O) groups is 3. The van der Waals surface area contributed by atoms with Crippen LogP contribution in [0.2, 0.25) is 0 Å². The maximum absolute atomic E-state index is 15.1. The van der Waals surface area contributed by atoms with Gasteiger partial charge in [-0.15, -0.1) is 11.3 Å². The van der Waals surface area contributed by atoms with Gasteiger partial charge in [0.2, 0.25) is 5.91 Å². The summed E-state index contributed by atoms with van der Waals surface area (Å²) in [4.78, 5) is 46.8. The van der Waals surface area contributed by atoms with E-state index in [0.29, 0.717) is 15.6 Å². The summed E-state index contributed by atoms with van der Waals surface area (Å²) in [5.41, 5.74) is -1.54. The number of amides is 4. The summed E-state index contributed by atoms with van der Waals surface area (Å²) < 4.78 is 30.1. The highest BCUT2D eigenvalue weighted by atomic mass is 32.1. The van der Waals surface area contributed by atoms with Crippen LogP contribution >= 0.6 is 11.3 Å². The van der Waals surface area contributed by atoms with Crippen molar-refractivity contribution in [3.05, 3.63) is 76.8 Å². The Balaban J connectivity index is 1.45. The number of hydrogen-bond donors (Lipinski definition) is 0. The molecule has 176 valence electrons. The number of fused-ring (bicyclic) bond motifs is 1. The van der Waals surface area contributed by atoms with E-state index in [1.165, 1.54) is 28.1 Å². The van der Waals surface area contributed by atoms with Crippen LogP contribution in [0.15, 0.2) is 54.0 Å². The monoisotopic (exact) mass is 492 g/mol. The van der Waals surface area contributed by atoms with E-state index in [4.69, 9.17) is 0 Å². The minimum atomic E-state index is -1.48. The van der Waals surface area contributed by atoms with Crippen molar-refractivity contribution in [2.75, 3.05) is 22.9 Å². The zero-order chi connectivity index (χ0) is 24.7. The summed E-state index contributed by atoms with van der Waals surface area (Å²) in [6.45, 7) is 1.71. The van der Waals surface area contributed by atoms with E-state index in [9.17, 15) is 14.4 Å². The molecule has 0 radical (unpaired) electrons. The van der Waals surface area contributed by atoms with Crippen molar-refractivity contribution in [3.63, 3.8) is 0 Å². The fraction of sp³-hybridized carbons (Fsp3) is 0.200. The molecular weight excluding hydrogens is 474 g/mol. The number of thiazole rings is 1. The van der Waals surface area contributed by atoms with Crippen molar-refractivity contribution in [2.45, 2.75) is 18.9 Å². The fourth-order valence-corrected chi connectivity index (χ4v) is 4.97. The van der Waals surface area contributed by atoms with E-state index in [2.05, 4.69) is 16.8 Å². The van der Waals surface area contributed by atoms with E-state index in [1.54, 1.807) is 35.8 Å². The number of nitrogens with zero attached hydrogens (tertiary/aromatic N) is 4. The molecule has 2 aromatic carbocycles. The van der Waals surface area contributed by atoms with Gasteiger partial charge in [0.1, 0.15) is 11.2 Å². The predicted molar refractivity (Wildman–Crippen MR) is 126 cm³/mol. The molecule has 35 heavy (non-hydrogen) atoms. The lowest BCUT2D eigenvalue weighted by atomic mass is 9.88. The molecule has 2 aliphatic rings. The lowest BCUT2D eigenvalue weighted by Crippen LogP contribution is -2.72. The molecule has 0 bridgehead atoms. The number of rotatable bonds is 2. The average molecular weight is 493 g/mol. The SMILES string of the molecule is CC12CC(=O)N(c3c(F)cc(C#Cc4ccccc4)cc3F)C(=O)N1CCN(c1nccs1)C2=O. The molecule has 5 rings (SSSR count). The molecule has 3 aromatic rings. The smallest absolute Gasteiger partial charge is 0.307 e. The standard InChI is InChI=1S/C25H18F2N4O3S/c1-25-15-20(32)31(24(34)30(25)11-10-29(22(25)33)23-28-9-12-35-23)21-18(26)13-17(14-19(21)27)8-7-16-5-3-2-4-6-16/h2-6,9,12-14H,10-11,15H2,1H3. The third kappa shape index (κ3) is 3.84. The normalized spacial score (nSPS) is 20.0. The maximum Gasteiger partial charge on any atom is 0.332 e. The summed E-state index contributed by atoms with van der Waals surface area (Å²) in [5.74, 6) is 1.97. The van der Waals surface area contributed by atoms with Crippen LogP contribution in [0, 0.1) is 23.5 Å². The number of urea groups is 1. The van der Waals surface area contributed by atoms with Gasteiger partial charge in [-0.2, -0.15) is 0 Å². The minimum absolute atomic E-state index is 0.0570. The molecule has 1 atom stereocenters. The average Bonchev–Trinajstić information content (AvgIpc) is 3.36. The fourth-order valence-electron chi connectivity index (χ4n) is 4.30. The van der Waals surface area contributed by atoms with Crippen LogP contribution in [0.1, 0.15) is 24.5 Å². The summed E-state index contributed by atoms with van der Waals surface area (Å²) in [6.07, 6.45) is 1.13. The van der Waals surface area contributed by atoms with Crippen molar-refractivity contribution in [3.8, 4) is 11.8 Å². The third-order valence-corrected chi connectivity index (χ3v) is 6.83. The Morgan fingerprint density at radius 2 is 1.69 bits per heavy atom.